The molecule has 2 aliphatic rings. The number of carbonyl (C=O) groups is 2. The summed E-state index contributed by atoms with van der Waals surface area (Å²) in [6.07, 6.45) is 3.87. The molecule has 0 radical (unpaired) electrons. The number of amides is 2. The lowest BCUT2D eigenvalue weighted by Gasteiger charge is -2.37. The third kappa shape index (κ3) is 6.33. The fraction of sp³-hybridized carbons (Fsp3) is 0.536. The van der Waals surface area contributed by atoms with Crippen LogP contribution in [0, 0.1) is 11.8 Å². The number of H-pyrrole nitrogens is 1. The van der Waals surface area contributed by atoms with Crippen LogP contribution < -0.4 is 10.1 Å². The molecule has 4 heterocycles. The number of aromatic amines is 1. The average molecular weight is 524 g/mol. The lowest BCUT2D eigenvalue weighted by molar-refractivity contribution is 0.0657. The Morgan fingerprint density at radius 3 is 2.54 bits per heavy atom. The van der Waals surface area contributed by atoms with Crippen LogP contribution in [0.3, 0.4) is 0 Å². The molecule has 2 fully saturated rings. The van der Waals surface area contributed by atoms with E-state index in [0.717, 1.165) is 74.6 Å². The van der Waals surface area contributed by atoms with Gasteiger partial charge in [0.15, 0.2) is 5.75 Å². The molecule has 0 spiro atoms. The molecule has 9 heteroatoms. The van der Waals surface area contributed by atoms with E-state index in [1.54, 1.807) is 6.07 Å². The van der Waals surface area contributed by atoms with Crippen LogP contribution in [-0.2, 0) is 0 Å². The Bertz CT molecular complexity index is 1190. The highest BCUT2D eigenvalue weighted by atomic mass is 32.1. The van der Waals surface area contributed by atoms with E-state index in [1.807, 2.05) is 34.5 Å². The fourth-order valence-corrected chi connectivity index (χ4v) is 6.05. The molecule has 2 N–H and O–H groups in total. The maximum absolute atomic E-state index is 12.6. The van der Waals surface area contributed by atoms with Gasteiger partial charge in [-0.1, -0.05) is 26.0 Å². The Balaban J connectivity index is 1.01. The lowest BCUT2D eigenvalue weighted by Crippen LogP contribution is -2.44. The fourth-order valence-electron chi connectivity index (χ4n) is 5.36. The van der Waals surface area contributed by atoms with E-state index < -0.39 is 6.09 Å². The van der Waals surface area contributed by atoms with Gasteiger partial charge in [0.1, 0.15) is 11.3 Å². The van der Waals surface area contributed by atoms with Crippen LogP contribution >= 0.6 is 11.3 Å². The summed E-state index contributed by atoms with van der Waals surface area (Å²) >= 11 is 1.52. The standard InChI is InChI=1S/C28H37N5O3S/c1-19(2)26-30-22-5-3-6-23(25(22)31-26)36-28(35)29-17-20-8-12-32(13-9-20)18-21-10-14-33(15-11-21)27(34)24-7-4-16-37-24/h3-7,16,19-21H,8-15,17-18H2,1-2H3,(H,29,35)(H,30,31). The van der Waals surface area contributed by atoms with Crippen molar-refractivity contribution in [3.05, 3.63) is 46.4 Å². The van der Waals surface area contributed by atoms with E-state index in [4.69, 9.17) is 4.74 Å². The Labute approximate surface area is 222 Å². The van der Waals surface area contributed by atoms with Crippen molar-refractivity contribution in [3.8, 4) is 5.75 Å². The Kier molecular flexibility index (Phi) is 8.10. The van der Waals surface area contributed by atoms with E-state index in [-0.39, 0.29) is 11.8 Å². The number of benzene rings is 1. The van der Waals surface area contributed by atoms with Crippen LogP contribution in [0.15, 0.2) is 35.7 Å². The Hall–Kier alpha value is -2.91. The molecule has 2 aliphatic heterocycles. The quantitative estimate of drug-likeness (QED) is 0.450. The largest absolute Gasteiger partial charge is 0.412 e. The number of likely N-dealkylation sites (tertiary alicyclic amines) is 2. The van der Waals surface area contributed by atoms with Gasteiger partial charge in [-0.3, -0.25) is 4.79 Å². The van der Waals surface area contributed by atoms with Crippen molar-refractivity contribution in [1.82, 2.24) is 25.1 Å². The molecule has 3 aromatic rings. The van der Waals surface area contributed by atoms with Crippen molar-refractivity contribution in [2.75, 3.05) is 39.3 Å². The van der Waals surface area contributed by atoms with E-state index in [0.29, 0.717) is 29.6 Å². The van der Waals surface area contributed by atoms with Gasteiger partial charge in [0.25, 0.3) is 5.91 Å². The molecule has 0 aliphatic carbocycles. The van der Waals surface area contributed by atoms with Crippen molar-refractivity contribution < 1.29 is 14.3 Å². The van der Waals surface area contributed by atoms with Crippen LogP contribution in [0.2, 0.25) is 0 Å². The molecular weight excluding hydrogens is 486 g/mol. The minimum Gasteiger partial charge on any atom is -0.408 e. The monoisotopic (exact) mass is 523 g/mol. The maximum atomic E-state index is 12.6. The van der Waals surface area contributed by atoms with Crippen LogP contribution in [0.25, 0.3) is 11.0 Å². The van der Waals surface area contributed by atoms with Crippen LogP contribution in [0.5, 0.6) is 5.75 Å². The van der Waals surface area contributed by atoms with E-state index in [2.05, 4.69) is 34.0 Å². The molecule has 5 rings (SSSR count). The van der Waals surface area contributed by atoms with Crippen molar-refractivity contribution in [1.29, 1.82) is 0 Å². The molecular formula is C28H37N5O3S. The predicted molar refractivity (Wildman–Crippen MR) is 146 cm³/mol. The SMILES string of the molecule is CC(C)c1nc2c(OC(=O)NCC3CCN(CC4CCN(C(=O)c5cccs5)CC4)CC3)cccc2[nH]1. The first-order chi connectivity index (χ1) is 18.0. The number of imidazole rings is 1. The third-order valence-corrected chi connectivity index (χ3v) is 8.49. The van der Waals surface area contributed by atoms with Gasteiger partial charge in [-0.2, -0.15) is 0 Å². The smallest absolute Gasteiger partial charge is 0.408 e. The number of ether oxygens (including phenoxy) is 1. The summed E-state index contributed by atoms with van der Waals surface area (Å²) in [6.45, 7) is 9.71. The maximum Gasteiger partial charge on any atom is 0.412 e. The lowest BCUT2D eigenvalue weighted by atomic mass is 9.92. The van der Waals surface area contributed by atoms with Gasteiger partial charge in [0.05, 0.1) is 10.4 Å². The number of hydrogen-bond donors (Lipinski definition) is 2. The number of thiophene rings is 1. The highest BCUT2D eigenvalue weighted by molar-refractivity contribution is 7.12. The molecule has 0 unspecified atom stereocenters. The molecule has 8 nitrogen and oxygen atoms in total. The molecule has 0 atom stereocenters. The van der Waals surface area contributed by atoms with Crippen molar-refractivity contribution >= 4 is 34.4 Å². The number of nitrogens with one attached hydrogen (secondary N) is 2. The summed E-state index contributed by atoms with van der Waals surface area (Å²) in [7, 11) is 0. The van der Waals surface area contributed by atoms with E-state index >= 15 is 0 Å². The van der Waals surface area contributed by atoms with Gasteiger partial charge in [-0.05, 0) is 74.2 Å². The second-order valence-corrected chi connectivity index (χ2v) is 11.6. The van der Waals surface area contributed by atoms with Gasteiger partial charge < -0.3 is 24.8 Å². The molecule has 1 aromatic carbocycles. The van der Waals surface area contributed by atoms with Crippen molar-refractivity contribution in [3.63, 3.8) is 0 Å². The van der Waals surface area contributed by atoms with Crippen molar-refractivity contribution in [2.45, 2.75) is 45.4 Å². The minimum atomic E-state index is -0.423. The normalized spacial score (nSPS) is 18.0. The number of para-hydroxylation sites is 1. The number of nitrogens with zero attached hydrogens (tertiary/aromatic N) is 3. The first-order valence-corrected chi connectivity index (χ1v) is 14.3. The van der Waals surface area contributed by atoms with E-state index in [1.165, 1.54) is 11.3 Å². The Morgan fingerprint density at radius 1 is 1.08 bits per heavy atom. The van der Waals surface area contributed by atoms with Gasteiger partial charge in [0.2, 0.25) is 0 Å². The minimum absolute atomic E-state index is 0.182. The number of piperidine rings is 2. The van der Waals surface area contributed by atoms with Crippen LogP contribution in [0.4, 0.5) is 4.79 Å². The molecule has 2 saturated heterocycles. The zero-order valence-electron chi connectivity index (χ0n) is 21.7. The molecule has 2 aromatic heterocycles. The van der Waals surface area contributed by atoms with E-state index in [9.17, 15) is 9.59 Å². The summed E-state index contributed by atoms with van der Waals surface area (Å²) in [4.78, 5) is 38.4. The first-order valence-electron chi connectivity index (χ1n) is 13.5. The second-order valence-electron chi connectivity index (χ2n) is 10.7. The average Bonchev–Trinajstić information content (AvgIpc) is 3.60. The number of fused-ring (bicyclic) bond motifs is 1. The molecule has 198 valence electrons. The van der Waals surface area contributed by atoms with Crippen LogP contribution in [-0.4, -0.2) is 71.0 Å². The Morgan fingerprint density at radius 2 is 1.84 bits per heavy atom. The number of rotatable bonds is 7. The van der Waals surface area contributed by atoms with Gasteiger partial charge in [0, 0.05) is 32.1 Å². The summed E-state index contributed by atoms with van der Waals surface area (Å²) < 4.78 is 5.61. The highest BCUT2D eigenvalue weighted by Crippen LogP contribution is 2.27. The zero-order chi connectivity index (χ0) is 25.8. The summed E-state index contributed by atoms with van der Waals surface area (Å²) in [5.41, 5.74) is 1.57. The number of hydrogen-bond acceptors (Lipinski definition) is 6. The summed E-state index contributed by atoms with van der Waals surface area (Å²) in [5.74, 6) is 2.93. The van der Waals surface area contributed by atoms with Gasteiger partial charge in [-0.25, -0.2) is 9.78 Å². The van der Waals surface area contributed by atoms with Gasteiger partial charge in [-0.15, -0.1) is 11.3 Å². The molecule has 0 saturated carbocycles. The molecule has 2 amide bonds. The third-order valence-electron chi connectivity index (χ3n) is 7.64. The van der Waals surface area contributed by atoms with Crippen molar-refractivity contribution in [2.24, 2.45) is 11.8 Å². The summed E-state index contributed by atoms with van der Waals surface area (Å²) in [5, 5.41) is 4.93. The summed E-state index contributed by atoms with van der Waals surface area (Å²) in [6, 6.07) is 9.46. The second kappa shape index (κ2) is 11.6. The zero-order valence-corrected chi connectivity index (χ0v) is 22.6. The van der Waals surface area contributed by atoms with Crippen LogP contribution in [0.1, 0.15) is 60.9 Å². The molecule has 37 heavy (non-hydrogen) atoms. The number of carbonyl (C=O) groups excluding carboxylic acids is 2. The first kappa shape index (κ1) is 25.7. The molecule has 0 bridgehead atoms. The van der Waals surface area contributed by atoms with Gasteiger partial charge >= 0.3 is 6.09 Å². The topological polar surface area (TPSA) is 90.6 Å². The predicted octanol–water partition coefficient (Wildman–Crippen LogP) is 5.10. The number of aromatic nitrogens is 2. The highest BCUT2D eigenvalue weighted by Gasteiger charge is 2.27.